The first kappa shape index (κ1) is 16.3. The predicted molar refractivity (Wildman–Crippen MR) is 91.5 cm³/mol. The number of amides is 1. The van der Waals surface area contributed by atoms with Crippen LogP contribution < -0.4 is 0 Å². The van der Waals surface area contributed by atoms with Crippen LogP contribution in [0.2, 0.25) is 0 Å². The van der Waals surface area contributed by atoms with Crippen LogP contribution in [0.15, 0.2) is 24.3 Å². The number of fused-ring (bicyclic) bond motifs is 1. The van der Waals surface area contributed by atoms with E-state index >= 15 is 0 Å². The van der Waals surface area contributed by atoms with Gasteiger partial charge in [0.15, 0.2) is 5.69 Å². The third kappa shape index (κ3) is 2.95. The van der Waals surface area contributed by atoms with Crippen LogP contribution in [0.1, 0.15) is 42.0 Å². The number of nitrogens with zero attached hydrogens (tertiary/aromatic N) is 3. The van der Waals surface area contributed by atoms with Crippen LogP contribution in [0, 0.1) is 5.82 Å². The zero-order chi connectivity index (χ0) is 17.6. The summed E-state index contributed by atoms with van der Waals surface area (Å²) in [6.07, 6.45) is 2.83. The van der Waals surface area contributed by atoms with Crippen LogP contribution in [0.3, 0.4) is 0 Å². The molecule has 2 atom stereocenters. The van der Waals surface area contributed by atoms with Crippen molar-refractivity contribution in [1.29, 1.82) is 0 Å². The number of morpholine rings is 1. The van der Waals surface area contributed by atoms with Crippen LogP contribution >= 0.6 is 0 Å². The van der Waals surface area contributed by atoms with Crippen LogP contribution in [0.4, 0.5) is 4.39 Å². The van der Waals surface area contributed by atoms with Gasteiger partial charge in [0.25, 0.3) is 5.91 Å². The molecule has 132 valence electrons. The average Bonchev–Trinajstić information content (AvgIpc) is 3.16. The average molecular weight is 343 g/mol. The lowest BCUT2D eigenvalue weighted by molar-refractivity contribution is -0.0587. The molecule has 5 nitrogen and oxygen atoms in total. The first-order valence-corrected chi connectivity index (χ1v) is 8.84. The van der Waals surface area contributed by atoms with Gasteiger partial charge in [-0.05, 0) is 57.4 Å². The molecule has 1 aliphatic heterocycles. The molecule has 0 unspecified atom stereocenters. The van der Waals surface area contributed by atoms with Crippen molar-refractivity contribution in [3.63, 3.8) is 0 Å². The molecule has 2 heterocycles. The van der Waals surface area contributed by atoms with E-state index in [-0.39, 0.29) is 23.9 Å². The monoisotopic (exact) mass is 343 g/mol. The number of benzene rings is 1. The third-order valence-corrected chi connectivity index (χ3v) is 4.91. The highest BCUT2D eigenvalue weighted by Gasteiger charge is 2.32. The molecule has 6 heteroatoms. The van der Waals surface area contributed by atoms with Gasteiger partial charge in [0, 0.05) is 24.3 Å². The molecular formula is C19H22FN3O2. The van der Waals surface area contributed by atoms with Crippen LogP contribution in [-0.2, 0) is 17.6 Å². The van der Waals surface area contributed by atoms with Gasteiger partial charge in [-0.3, -0.25) is 4.79 Å². The topological polar surface area (TPSA) is 47.4 Å². The SMILES string of the molecule is C[C@H]1CN(C(=O)c2nn(-c3ccc(F)cc3)c3c2CCC3)C[C@H](C)O1. The van der Waals surface area contributed by atoms with E-state index < -0.39 is 0 Å². The van der Waals surface area contributed by atoms with E-state index in [2.05, 4.69) is 5.10 Å². The molecule has 1 aromatic carbocycles. The first-order valence-electron chi connectivity index (χ1n) is 8.84. The maximum Gasteiger partial charge on any atom is 0.274 e. The second-order valence-electron chi connectivity index (χ2n) is 6.98. The second kappa shape index (κ2) is 6.26. The Morgan fingerprint density at radius 2 is 1.84 bits per heavy atom. The van der Waals surface area contributed by atoms with E-state index in [9.17, 15) is 9.18 Å². The standard InChI is InChI=1S/C19H22FN3O2/c1-12-10-22(11-13(2)25-12)19(24)18-16-4-3-5-17(16)23(21-18)15-8-6-14(20)7-9-15/h6-9,12-13H,3-5,10-11H2,1-2H3/t12-,13-/m0/s1. The fourth-order valence-corrected chi connectivity index (χ4v) is 3.90. The van der Waals surface area contributed by atoms with Gasteiger partial charge in [0.2, 0.25) is 0 Å². The van der Waals surface area contributed by atoms with Crippen molar-refractivity contribution in [1.82, 2.24) is 14.7 Å². The molecule has 4 rings (SSSR count). The van der Waals surface area contributed by atoms with Gasteiger partial charge in [-0.2, -0.15) is 5.10 Å². The smallest absolute Gasteiger partial charge is 0.274 e. The molecule has 0 radical (unpaired) electrons. The maximum absolute atomic E-state index is 13.2. The molecule has 1 aliphatic carbocycles. The van der Waals surface area contributed by atoms with Crippen molar-refractivity contribution in [2.75, 3.05) is 13.1 Å². The Kier molecular flexibility index (Phi) is 4.07. The van der Waals surface area contributed by atoms with E-state index in [1.165, 1.54) is 12.1 Å². The van der Waals surface area contributed by atoms with Gasteiger partial charge in [0.1, 0.15) is 5.82 Å². The van der Waals surface area contributed by atoms with E-state index in [0.717, 1.165) is 36.2 Å². The lowest BCUT2D eigenvalue weighted by atomic mass is 10.1. The Labute approximate surface area is 146 Å². The molecular weight excluding hydrogens is 321 g/mol. The molecule has 25 heavy (non-hydrogen) atoms. The third-order valence-electron chi connectivity index (χ3n) is 4.91. The van der Waals surface area contributed by atoms with Gasteiger partial charge in [0.05, 0.1) is 17.9 Å². The Bertz CT molecular complexity index is 790. The predicted octanol–water partition coefficient (Wildman–Crippen LogP) is 2.75. The van der Waals surface area contributed by atoms with Gasteiger partial charge in [-0.15, -0.1) is 0 Å². The molecule has 2 aliphatic rings. The number of halogens is 1. The van der Waals surface area contributed by atoms with Gasteiger partial charge < -0.3 is 9.64 Å². The van der Waals surface area contributed by atoms with Gasteiger partial charge >= 0.3 is 0 Å². The fraction of sp³-hybridized carbons (Fsp3) is 0.474. The van der Waals surface area contributed by atoms with E-state index in [1.807, 2.05) is 23.4 Å². The number of ether oxygens (including phenoxy) is 1. The summed E-state index contributed by atoms with van der Waals surface area (Å²) in [6, 6.07) is 6.25. The zero-order valence-corrected chi connectivity index (χ0v) is 14.5. The Hall–Kier alpha value is -2.21. The molecule has 1 saturated heterocycles. The van der Waals surface area contributed by atoms with Crippen molar-refractivity contribution in [2.45, 2.75) is 45.3 Å². The summed E-state index contributed by atoms with van der Waals surface area (Å²) in [5.41, 5.74) is 3.45. The fourth-order valence-electron chi connectivity index (χ4n) is 3.90. The Morgan fingerprint density at radius 3 is 2.52 bits per heavy atom. The summed E-state index contributed by atoms with van der Waals surface area (Å²) in [4.78, 5) is 14.9. The molecule has 0 spiro atoms. The number of carbonyl (C=O) groups excluding carboxylic acids is 1. The van der Waals surface area contributed by atoms with Gasteiger partial charge in [-0.1, -0.05) is 0 Å². The summed E-state index contributed by atoms with van der Waals surface area (Å²) >= 11 is 0. The highest BCUT2D eigenvalue weighted by Crippen LogP contribution is 2.29. The number of rotatable bonds is 2. The van der Waals surface area contributed by atoms with Crippen molar-refractivity contribution in [3.05, 3.63) is 47.0 Å². The first-order chi connectivity index (χ1) is 12.0. The summed E-state index contributed by atoms with van der Waals surface area (Å²) in [5.74, 6) is -0.304. The number of aromatic nitrogens is 2. The minimum atomic E-state index is -0.278. The minimum absolute atomic E-state index is 0.0268. The van der Waals surface area contributed by atoms with Crippen molar-refractivity contribution in [3.8, 4) is 5.69 Å². The molecule has 0 bridgehead atoms. The zero-order valence-electron chi connectivity index (χ0n) is 14.5. The summed E-state index contributed by atoms with van der Waals surface area (Å²) in [6.45, 7) is 5.14. The van der Waals surface area contributed by atoms with Crippen molar-refractivity contribution < 1.29 is 13.9 Å². The Balaban J connectivity index is 1.70. The molecule has 1 aromatic heterocycles. The van der Waals surface area contributed by atoms with Gasteiger partial charge in [-0.25, -0.2) is 9.07 Å². The number of hydrogen-bond acceptors (Lipinski definition) is 3. The number of hydrogen-bond donors (Lipinski definition) is 0. The Morgan fingerprint density at radius 1 is 1.16 bits per heavy atom. The van der Waals surface area contributed by atoms with E-state index in [4.69, 9.17) is 4.74 Å². The van der Waals surface area contributed by atoms with E-state index in [0.29, 0.717) is 18.8 Å². The van der Waals surface area contributed by atoms with Crippen LogP contribution in [-0.4, -0.2) is 45.9 Å². The molecule has 0 N–H and O–H groups in total. The highest BCUT2D eigenvalue weighted by atomic mass is 19.1. The summed E-state index contributed by atoms with van der Waals surface area (Å²) in [7, 11) is 0. The normalized spacial score (nSPS) is 22.9. The molecule has 0 saturated carbocycles. The molecule has 1 amide bonds. The molecule has 2 aromatic rings. The lowest BCUT2D eigenvalue weighted by Crippen LogP contribution is -2.48. The number of carbonyl (C=O) groups is 1. The van der Waals surface area contributed by atoms with Crippen molar-refractivity contribution in [2.24, 2.45) is 0 Å². The highest BCUT2D eigenvalue weighted by molar-refractivity contribution is 5.94. The summed E-state index contributed by atoms with van der Waals surface area (Å²) < 4.78 is 20.8. The van der Waals surface area contributed by atoms with Crippen LogP contribution in [0.5, 0.6) is 0 Å². The molecule has 1 fully saturated rings. The van der Waals surface area contributed by atoms with Crippen molar-refractivity contribution >= 4 is 5.91 Å². The van der Waals surface area contributed by atoms with E-state index in [1.54, 1.807) is 12.1 Å². The minimum Gasteiger partial charge on any atom is -0.372 e. The maximum atomic E-state index is 13.2. The lowest BCUT2D eigenvalue weighted by Gasteiger charge is -2.35. The largest absolute Gasteiger partial charge is 0.372 e. The quantitative estimate of drug-likeness (QED) is 0.842. The summed E-state index contributed by atoms with van der Waals surface area (Å²) in [5, 5.41) is 4.62. The second-order valence-corrected chi connectivity index (χ2v) is 6.98. The van der Waals surface area contributed by atoms with Crippen LogP contribution in [0.25, 0.3) is 5.69 Å².